The van der Waals surface area contributed by atoms with E-state index in [0.29, 0.717) is 6.54 Å². The minimum absolute atomic E-state index is 0.0254. The van der Waals surface area contributed by atoms with Crippen LogP contribution in [0.1, 0.15) is 0 Å². The van der Waals surface area contributed by atoms with Crippen LogP contribution in [0.15, 0.2) is 35.3 Å². The first-order chi connectivity index (χ1) is 6.83. The molecule has 2 aromatic rings. The van der Waals surface area contributed by atoms with Gasteiger partial charge in [-0.3, -0.25) is 4.79 Å². The van der Waals surface area contributed by atoms with Crippen molar-refractivity contribution in [3.05, 3.63) is 40.8 Å². The topological polar surface area (TPSA) is 34.9 Å². The minimum Gasteiger partial charge on any atom is -0.267 e. The second-order valence-electron chi connectivity index (χ2n) is 2.95. The van der Waals surface area contributed by atoms with Crippen molar-refractivity contribution in [2.24, 2.45) is 0 Å². The average Bonchev–Trinajstić information content (AvgIpc) is 2.23. The van der Waals surface area contributed by atoms with Crippen LogP contribution in [0.3, 0.4) is 0 Å². The van der Waals surface area contributed by atoms with E-state index in [1.54, 1.807) is 6.20 Å². The smallest absolute Gasteiger partial charge is 0.267 e. The molecule has 0 spiro atoms. The fourth-order valence-corrected chi connectivity index (χ4v) is 1.70. The standard InChI is InChI=1S/C10H9BrN2O/c11-5-6-13-10(14)9-4-2-1-3-8(9)7-12-13/h1-4,7H,5-6H2. The van der Waals surface area contributed by atoms with Gasteiger partial charge in [-0.15, -0.1) is 0 Å². The molecule has 0 saturated carbocycles. The molecule has 0 saturated heterocycles. The lowest BCUT2D eigenvalue weighted by molar-refractivity contribution is 0.631. The molecule has 0 aliphatic rings. The van der Waals surface area contributed by atoms with Crippen LogP contribution in [0, 0.1) is 0 Å². The lowest BCUT2D eigenvalue weighted by atomic mass is 10.2. The van der Waals surface area contributed by atoms with Gasteiger partial charge >= 0.3 is 0 Å². The molecule has 4 heteroatoms. The average molecular weight is 253 g/mol. The number of nitrogens with zero attached hydrogens (tertiary/aromatic N) is 2. The zero-order valence-electron chi connectivity index (χ0n) is 7.48. The molecule has 0 radical (unpaired) electrons. The van der Waals surface area contributed by atoms with Gasteiger partial charge in [0, 0.05) is 10.7 Å². The van der Waals surface area contributed by atoms with Crippen LogP contribution in [0.4, 0.5) is 0 Å². The summed E-state index contributed by atoms with van der Waals surface area (Å²) in [7, 11) is 0. The van der Waals surface area contributed by atoms with E-state index in [9.17, 15) is 4.79 Å². The molecule has 0 bridgehead atoms. The number of alkyl halides is 1. The van der Waals surface area contributed by atoms with Gasteiger partial charge in [0.2, 0.25) is 0 Å². The van der Waals surface area contributed by atoms with Gasteiger partial charge in [0.1, 0.15) is 0 Å². The first kappa shape index (κ1) is 9.40. The summed E-state index contributed by atoms with van der Waals surface area (Å²) in [4.78, 5) is 11.8. The minimum atomic E-state index is -0.0254. The third-order valence-corrected chi connectivity index (χ3v) is 2.41. The van der Waals surface area contributed by atoms with E-state index >= 15 is 0 Å². The molecule has 1 heterocycles. The highest BCUT2D eigenvalue weighted by molar-refractivity contribution is 9.09. The first-order valence-corrected chi connectivity index (χ1v) is 5.46. The molecule has 72 valence electrons. The Balaban J connectivity index is 2.69. The van der Waals surface area contributed by atoms with Crippen LogP contribution in [0.25, 0.3) is 10.8 Å². The third-order valence-electron chi connectivity index (χ3n) is 2.06. The highest BCUT2D eigenvalue weighted by atomic mass is 79.9. The largest absolute Gasteiger partial charge is 0.274 e. The Kier molecular flexibility index (Phi) is 2.63. The summed E-state index contributed by atoms with van der Waals surface area (Å²) in [6, 6.07) is 7.48. The van der Waals surface area contributed by atoms with Crippen molar-refractivity contribution >= 4 is 26.7 Å². The van der Waals surface area contributed by atoms with Crippen molar-refractivity contribution in [3.8, 4) is 0 Å². The highest BCUT2D eigenvalue weighted by Crippen LogP contribution is 2.06. The molecule has 2 rings (SSSR count). The number of halogens is 1. The molecule has 0 N–H and O–H groups in total. The zero-order valence-corrected chi connectivity index (χ0v) is 9.07. The van der Waals surface area contributed by atoms with Gasteiger partial charge in [0.05, 0.1) is 18.1 Å². The first-order valence-electron chi connectivity index (χ1n) is 4.34. The fourth-order valence-electron chi connectivity index (χ4n) is 1.37. The summed E-state index contributed by atoms with van der Waals surface area (Å²) < 4.78 is 1.47. The second-order valence-corrected chi connectivity index (χ2v) is 3.74. The summed E-state index contributed by atoms with van der Waals surface area (Å²) in [5.74, 6) is 0. The van der Waals surface area contributed by atoms with Crippen molar-refractivity contribution in [3.63, 3.8) is 0 Å². The predicted octanol–water partition coefficient (Wildman–Crippen LogP) is 1.79. The number of hydrogen-bond acceptors (Lipinski definition) is 2. The maximum atomic E-state index is 11.8. The molecule has 0 atom stereocenters. The Morgan fingerprint density at radius 3 is 2.93 bits per heavy atom. The normalized spacial score (nSPS) is 10.6. The second kappa shape index (κ2) is 3.92. The number of fused-ring (bicyclic) bond motifs is 1. The van der Waals surface area contributed by atoms with Crippen molar-refractivity contribution in [1.82, 2.24) is 9.78 Å². The molecule has 1 aromatic carbocycles. The van der Waals surface area contributed by atoms with Crippen LogP contribution >= 0.6 is 15.9 Å². The Labute approximate surface area is 89.5 Å². The van der Waals surface area contributed by atoms with Gasteiger partial charge in [-0.2, -0.15) is 5.10 Å². The molecule has 14 heavy (non-hydrogen) atoms. The maximum Gasteiger partial charge on any atom is 0.274 e. The summed E-state index contributed by atoms with van der Waals surface area (Å²) >= 11 is 3.28. The van der Waals surface area contributed by atoms with E-state index in [1.807, 2.05) is 24.3 Å². The van der Waals surface area contributed by atoms with Crippen LogP contribution < -0.4 is 5.56 Å². The van der Waals surface area contributed by atoms with E-state index in [0.717, 1.165) is 16.1 Å². The van der Waals surface area contributed by atoms with Crippen molar-refractivity contribution in [1.29, 1.82) is 0 Å². The number of aryl methyl sites for hydroxylation is 1. The molecule has 3 nitrogen and oxygen atoms in total. The maximum absolute atomic E-state index is 11.8. The van der Waals surface area contributed by atoms with E-state index in [1.165, 1.54) is 4.68 Å². The molecule has 0 fully saturated rings. The SMILES string of the molecule is O=c1c2ccccc2cnn1CCBr. The summed E-state index contributed by atoms with van der Waals surface area (Å²) in [5, 5.41) is 6.42. The van der Waals surface area contributed by atoms with Crippen LogP contribution in [-0.4, -0.2) is 15.1 Å². The number of benzene rings is 1. The van der Waals surface area contributed by atoms with Crippen LogP contribution in [0.5, 0.6) is 0 Å². The van der Waals surface area contributed by atoms with Gasteiger partial charge < -0.3 is 0 Å². The number of rotatable bonds is 2. The summed E-state index contributed by atoms with van der Waals surface area (Å²) in [6.45, 7) is 0.601. The number of aromatic nitrogens is 2. The van der Waals surface area contributed by atoms with Crippen molar-refractivity contribution in [2.75, 3.05) is 5.33 Å². The van der Waals surface area contributed by atoms with E-state index in [-0.39, 0.29) is 5.56 Å². The monoisotopic (exact) mass is 252 g/mol. The van der Waals surface area contributed by atoms with Crippen LogP contribution in [-0.2, 0) is 6.54 Å². The lowest BCUT2D eigenvalue weighted by Crippen LogP contribution is -2.23. The fraction of sp³-hybridized carbons (Fsp3) is 0.200. The van der Waals surface area contributed by atoms with Gasteiger partial charge in [-0.05, 0) is 6.07 Å². The lowest BCUT2D eigenvalue weighted by Gasteiger charge is -2.02. The summed E-state index contributed by atoms with van der Waals surface area (Å²) in [6.07, 6.45) is 1.72. The Morgan fingerprint density at radius 2 is 2.14 bits per heavy atom. The van der Waals surface area contributed by atoms with Gasteiger partial charge in [-0.25, -0.2) is 4.68 Å². The molecular formula is C10H9BrN2O. The molecule has 1 aromatic heterocycles. The van der Waals surface area contributed by atoms with E-state index in [4.69, 9.17) is 0 Å². The zero-order chi connectivity index (χ0) is 9.97. The molecule has 0 amide bonds. The number of hydrogen-bond donors (Lipinski definition) is 0. The Hall–Kier alpha value is -1.16. The third kappa shape index (κ3) is 1.57. The Bertz CT molecular complexity index is 507. The van der Waals surface area contributed by atoms with Gasteiger partial charge in [-0.1, -0.05) is 34.1 Å². The summed E-state index contributed by atoms with van der Waals surface area (Å²) in [5.41, 5.74) is -0.0254. The van der Waals surface area contributed by atoms with Gasteiger partial charge in [0.15, 0.2) is 0 Å². The highest BCUT2D eigenvalue weighted by Gasteiger charge is 2.01. The quantitative estimate of drug-likeness (QED) is 0.765. The van der Waals surface area contributed by atoms with Crippen LogP contribution in [0.2, 0.25) is 0 Å². The molecule has 0 aliphatic carbocycles. The molecule has 0 unspecified atom stereocenters. The van der Waals surface area contributed by atoms with E-state index in [2.05, 4.69) is 21.0 Å². The Morgan fingerprint density at radius 1 is 1.36 bits per heavy atom. The molecular weight excluding hydrogens is 244 g/mol. The van der Waals surface area contributed by atoms with E-state index < -0.39 is 0 Å². The predicted molar refractivity (Wildman–Crippen MR) is 59.8 cm³/mol. The van der Waals surface area contributed by atoms with Crippen molar-refractivity contribution in [2.45, 2.75) is 6.54 Å². The molecule has 0 aliphatic heterocycles. The van der Waals surface area contributed by atoms with Crippen molar-refractivity contribution < 1.29 is 0 Å². The van der Waals surface area contributed by atoms with Gasteiger partial charge in [0.25, 0.3) is 5.56 Å².